The van der Waals surface area contributed by atoms with E-state index >= 15 is 0 Å². The lowest BCUT2D eigenvalue weighted by Crippen LogP contribution is -2.36. The lowest BCUT2D eigenvalue weighted by molar-refractivity contribution is 0.243. The van der Waals surface area contributed by atoms with Gasteiger partial charge in [-0.1, -0.05) is 0 Å². The molecule has 0 saturated carbocycles. The molecule has 0 saturated heterocycles. The van der Waals surface area contributed by atoms with Crippen molar-refractivity contribution >= 4 is 32.9 Å². The van der Waals surface area contributed by atoms with E-state index in [0.29, 0.717) is 12.2 Å². The van der Waals surface area contributed by atoms with E-state index in [1.807, 2.05) is 30.4 Å². The quantitative estimate of drug-likeness (QED) is 0.822. The number of thiophene rings is 1. The summed E-state index contributed by atoms with van der Waals surface area (Å²) in [5, 5.41) is 9.61. The first-order valence-corrected chi connectivity index (χ1v) is 10.1. The highest BCUT2D eigenvalue weighted by Crippen LogP contribution is 2.20. The second-order valence-corrected chi connectivity index (χ2v) is 8.46. The summed E-state index contributed by atoms with van der Waals surface area (Å²) < 4.78 is 22.8. The van der Waals surface area contributed by atoms with Gasteiger partial charge in [-0.2, -0.15) is 11.3 Å². The van der Waals surface area contributed by atoms with Crippen LogP contribution >= 0.6 is 11.3 Å². The van der Waals surface area contributed by atoms with Crippen LogP contribution in [-0.2, 0) is 9.84 Å². The molecule has 1 heterocycles. The maximum absolute atomic E-state index is 12.0. The molecule has 2 amide bonds. The molecule has 2 rings (SSSR count). The molecule has 6 nitrogen and oxygen atoms in total. The van der Waals surface area contributed by atoms with Crippen molar-refractivity contribution < 1.29 is 13.2 Å². The predicted molar refractivity (Wildman–Crippen MR) is 97.3 cm³/mol. The minimum Gasteiger partial charge on any atom is -0.336 e. The van der Waals surface area contributed by atoms with Crippen molar-refractivity contribution in [1.82, 2.24) is 10.2 Å². The van der Waals surface area contributed by atoms with Gasteiger partial charge in [-0.15, -0.1) is 0 Å². The second-order valence-electron chi connectivity index (χ2n) is 5.67. The second kappa shape index (κ2) is 7.78. The minimum absolute atomic E-state index is 0.0922. The third kappa shape index (κ3) is 5.05. The Morgan fingerprint density at radius 2 is 1.88 bits per heavy atom. The number of amides is 2. The van der Waals surface area contributed by atoms with Gasteiger partial charge in [0.1, 0.15) is 0 Å². The maximum Gasteiger partial charge on any atom is 0.319 e. The summed E-state index contributed by atoms with van der Waals surface area (Å²) in [6.45, 7) is 0.469. The van der Waals surface area contributed by atoms with Gasteiger partial charge in [-0.05, 0) is 60.8 Å². The molecular weight excluding hydrogens is 346 g/mol. The Kier molecular flexibility index (Phi) is 5.98. The van der Waals surface area contributed by atoms with E-state index in [2.05, 4.69) is 16.0 Å². The lowest BCUT2D eigenvalue weighted by atomic mass is 10.1. The summed E-state index contributed by atoms with van der Waals surface area (Å²) in [7, 11) is 0.691. The number of urea groups is 1. The summed E-state index contributed by atoms with van der Waals surface area (Å²) in [4.78, 5) is 14.3. The fourth-order valence-corrected chi connectivity index (χ4v) is 3.55. The standard InChI is InChI=1S/C16H21N3O3S2/c1-19(2)15(12-8-9-23-11-12)10-17-16(20)18-13-4-6-14(7-5-13)24(3,21)22/h4-9,11,15H,10H2,1-3H3,(H2,17,18,20). The lowest BCUT2D eigenvalue weighted by Gasteiger charge is -2.24. The number of benzene rings is 1. The number of anilines is 1. The monoisotopic (exact) mass is 367 g/mol. The van der Waals surface area contributed by atoms with Crippen molar-refractivity contribution in [3.05, 3.63) is 46.7 Å². The third-order valence-corrected chi connectivity index (χ3v) is 5.38. The first kappa shape index (κ1) is 18.4. The van der Waals surface area contributed by atoms with Gasteiger partial charge in [0.15, 0.2) is 9.84 Å². The van der Waals surface area contributed by atoms with Crippen molar-refractivity contribution in [2.75, 3.05) is 32.2 Å². The Bertz CT molecular complexity index is 769. The number of nitrogens with zero attached hydrogens (tertiary/aromatic N) is 1. The van der Waals surface area contributed by atoms with Crippen LogP contribution in [0.4, 0.5) is 10.5 Å². The van der Waals surface area contributed by atoms with E-state index in [0.717, 1.165) is 11.8 Å². The Labute approximate surface area is 146 Å². The number of hydrogen-bond acceptors (Lipinski definition) is 5. The van der Waals surface area contributed by atoms with Gasteiger partial charge in [0, 0.05) is 18.5 Å². The van der Waals surface area contributed by atoms with Gasteiger partial charge in [0.2, 0.25) is 0 Å². The largest absolute Gasteiger partial charge is 0.336 e. The zero-order valence-electron chi connectivity index (χ0n) is 13.8. The van der Waals surface area contributed by atoms with E-state index < -0.39 is 9.84 Å². The molecule has 0 aliphatic carbocycles. The Morgan fingerprint density at radius 1 is 1.21 bits per heavy atom. The molecule has 0 aliphatic rings. The minimum atomic E-state index is -3.24. The zero-order chi connectivity index (χ0) is 17.7. The number of nitrogens with one attached hydrogen (secondary N) is 2. The highest BCUT2D eigenvalue weighted by molar-refractivity contribution is 7.90. The first-order valence-electron chi connectivity index (χ1n) is 7.31. The summed E-state index contributed by atoms with van der Waals surface area (Å²) in [6.07, 6.45) is 1.15. The van der Waals surface area contributed by atoms with E-state index in [-0.39, 0.29) is 17.0 Å². The molecule has 2 aromatic rings. The molecule has 0 aliphatic heterocycles. The molecule has 0 bridgehead atoms. The van der Waals surface area contributed by atoms with E-state index in [1.165, 1.54) is 12.1 Å². The predicted octanol–water partition coefficient (Wildman–Crippen LogP) is 2.58. The van der Waals surface area contributed by atoms with Crippen LogP contribution in [-0.4, -0.2) is 46.2 Å². The van der Waals surface area contributed by atoms with E-state index in [4.69, 9.17) is 0 Å². The molecule has 1 atom stereocenters. The molecule has 2 N–H and O–H groups in total. The van der Waals surface area contributed by atoms with Gasteiger partial charge in [0.25, 0.3) is 0 Å². The molecule has 130 valence electrons. The molecule has 0 fully saturated rings. The van der Waals surface area contributed by atoms with Crippen molar-refractivity contribution in [2.24, 2.45) is 0 Å². The van der Waals surface area contributed by atoms with Crippen molar-refractivity contribution in [1.29, 1.82) is 0 Å². The smallest absolute Gasteiger partial charge is 0.319 e. The molecule has 24 heavy (non-hydrogen) atoms. The van der Waals surface area contributed by atoms with Crippen LogP contribution < -0.4 is 10.6 Å². The number of rotatable bonds is 6. The van der Waals surface area contributed by atoms with Gasteiger partial charge in [0.05, 0.1) is 10.9 Å². The number of hydrogen-bond donors (Lipinski definition) is 2. The van der Waals surface area contributed by atoms with Gasteiger partial charge in [-0.3, -0.25) is 0 Å². The molecule has 0 spiro atoms. The summed E-state index contributed by atoms with van der Waals surface area (Å²) in [5.74, 6) is 0. The van der Waals surface area contributed by atoms with Gasteiger partial charge >= 0.3 is 6.03 Å². The fourth-order valence-electron chi connectivity index (χ4n) is 2.21. The summed E-state index contributed by atoms with van der Waals surface area (Å²) in [5.41, 5.74) is 1.69. The van der Waals surface area contributed by atoms with Crippen LogP contribution in [0.5, 0.6) is 0 Å². The van der Waals surface area contributed by atoms with Crippen molar-refractivity contribution in [3.8, 4) is 0 Å². The van der Waals surface area contributed by atoms with Crippen LogP contribution in [0.2, 0.25) is 0 Å². The summed E-state index contributed by atoms with van der Waals surface area (Å²) >= 11 is 1.62. The summed E-state index contributed by atoms with van der Waals surface area (Å²) in [6, 6.07) is 7.88. The topological polar surface area (TPSA) is 78.5 Å². The molecule has 8 heteroatoms. The number of sulfone groups is 1. The SMILES string of the molecule is CN(C)C(CNC(=O)Nc1ccc(S(C)(=O)=O)cc1)c1ccsc1. The average molecular weight is 367 g/mol. The Morgan fingerprint density at radius 3 is 2.38 bits per heavy atom. The molecular formula is C16H21N3O3S2. The third-order valence-electron chi connectivity index (χ3n) is 3.55. The van der Waals surface area contributed by atoms with Crippen LogP contribution in [0.1, 0.15) is 11.6 Å². The van der Waals surface area contributed by atoms with Crippen molar-refractivity contribution in [2.45, 2.75) is 10.9 Å². The molecule has 0 radical (unpaired) electrons. The highest BCUT2D eigenvalue weighted by Gasteiger charge is 2.15. The van der Waals surface area contributed by atoms with Crippen molar-refractivity contribution in [3.63, 3.8) is 0 Å². The molecule has 1 unspecified atom stereocenters. The first-order chi connectivity index (χ1) is 11.3. The maximum atomic E-state index is 12.0. The van der Waals surface area contributed by atoms with Crippen LogP contribution in [0.25, 0.3) is 0 Å². The van der Waals surface area contributed by atoms with E-state index in [9.17, 15) is 13.2 Å². The van der Waals surface area contributed by atoms with E-state index in [1.54, 1.807) is 23.5 Å². The zero-order valence-corrected chi connectivity index (χ0v) is 15.4. The van der Waals surface area contributed by atoms with Crippen LogP contribution in [0.15, 0.2) is 46.0 Å². The number of likely N-dealkylation sites (N-methyl/N-ethyl adjacent to an activating group) is 1. The Hall–Kier alpha value is -1.90. The molecule has 1 aromatic heterocycles. The van der Waals surface area contributed by atoms with Gasteiger partial charge in [-0.25, -0.2) is 13.2 Å². The van der Waals surface area contributed by atoms with Crippen LogP contribution in [0, 0.1) is 0 Å². The molecule has 1 aromatic carbocycles. The Balaban J connectivity index is 1.93. The van der Waals surface area contributed by atoms with Crippen LogP contribution in [0.3, 0.4) is 0 Å². The number of carbonyl (C=O) groups is 1. The normalized spacial score (nSPS) is 12.8. The van der Waals surface area contributed by atoms with Gasteiger partial charge < -0.3 is 15.5 Å². The highest BCUT2D eigenvalue weighted by atomic mass is 32.2. The average Bonchev–Trinajstić information content (AvgIpc) is 3.00. The number of carbonyl (C=O) groups excluding carboxylic acids is 1. The fraction of sp³-hybridized carbons (Fsp3) is 0.312.